The van der Waals surface area contributed by atoms with Crippen molar-refractivity contribution in [2.24, 2.45) is 0 Å². The minimum atomic E-state index is -3.90. The number of nitrogens with zero attached hydrogens (tertiary/aromatic N) is 1. The Bertz CT molecular complexity index is 1090. The zero-order valence-electron chi connectivity index (χ0n) is 17.4. The Morgan fingerprint density at radius 2 is 1.50 bits per heavy atom. The SMILES string of the molecule is Cc1ccc(S(=O)(=O)N(CC(=O)Nc2ccc(C(C)C)cc2)c2ccccc2)cc1. The molecule has 0 aromatic heterocycles. The van der Waals surface area contributed by atoms with Crippen LogP contribution in [0.5, 0.6) is 0 Å². The first-order chi connectivity index (χ1) is 14.3. The van der Waals surface area contributed by atoms with Gasteiger partial charge in [-0.15, -0.1) is 0 Å². The third-order valence-electron chi connectivity index (χ3n) is 4.80. The first kappa shape index (κ1) is 21.6. The van der Waals surface area contributed by atoms with Crippen molar-refractivity contribution < 1.29 is 13.2 Å². The zero-order valence-corrected chi connectivity index (χ0v) is 18.2. The molecule has 1 amide bonds. The second kappa shape index (κ2) is 9.13. The van der Waals surface area contributed by atoms with E-state index in [4.69, 9.17) is 0 Å². The van der Waals surface area contributed by atoms with Gasteiger partial charge in [0.25, 0.3) is 10.0 Å². The lowest BCUT2D eigenvalue weighted by Crippen LogP contribution is -2.38. The Kier molecular flexibility index (Phi) is 6.57. The van der Waals surface area contributed by atoms with Gasteiger partial charge in [-0.3, -0.25) is 9.10 Å². The average Bonchev–Trinajstić information content (AvgIpc) is 2.73. The molecule has 0 saturated carbocycles. The van der Waals surface area contributed by atoms with Gasteiger partial charge in [0.1, 0.15) is 6.54 Å². The Labute approximate surface area is 178 Å². The molecule has 0 aliphatic carbocycles. The van der Waals surface area contributed by atoms with Crippen LogP contribution in [0.4, 0.5) is 11.4 Å². The number of benzene rings is 3. The summed E-state index contributed by atoms with van der Waals surface area (Å²) < 4.78 is 27.7. The smallest absolute Gasteiger partial charge is 0.264 e. The van der Waals surface area contributed by atoms with E-state index in [1.165, 1.54) is 5.56 Å². The first-order valence-electron chi connectivity index (χ1n) is 9.81. The Morgan fingerprint density at radius 3 is 2.07 bits per heavy atom. The van der Waals surface area contributed by atoms with Crippen LogP contribution < -0.4 is 9.62 Å². The number of carbonyl (C=O) groups is 1. The van der Waals surface area contributed by atoms with Gasteiger partial charge >= 0.3 is 0 Å². The van der Waals surface area contributed by atoms with E-state index in [1.807, 2.05) is 31.2 Å². The van der Waals surface area contributed by atoms with Crippen molar-refractivity contribution >= 4 is 27.3 Å². The van der Waals surface area contributed by atoms with E-state index in [-0.39, 0.29) is 11.4 Å². The van der Waals surface area contributed by atoms with Gasteiger partial charge in [0.2, 0.25) is 5.91 Å². The van der Waals surface area contributed by atoms with Gasteiger partial charge in [0, 0.05) is 5.69 Å². The average molecular weight is 423 g/mol. The van der Waals surface area contributed by atoms with Gasteiger partial charge < -0.3 is 5.32 Å². The molecule has 1 N–H and O–H groups in total. The number of anilines is 2. The van der Waals surface area contributed by atoms with Crippen LogP contribution in [0.25, 0.3) is 0 Å². The van der Waals surface area contributed by atoms with E-state index in [0.29, 0.717) is 17.3 Å². The molecule has 5 nitrogen and oxygen atoms in total. The third-order valence-corrected chi connectivity index (χ3v) is 6.59. The van der Waals surface area contributed by atoms with Crippen LogP contribution in [-0.2, 0) is 14.8 Å². The molecule has 0 atom stereocenters. The highest BCUT2D eigenvalue weighted by Crippen LogP contribution is 2.24. The van der Waals surface area contributed by atoms with Crippen molar-refractivity contribution in [1.29, 1.82) is 0 Å². The maximum Gasteiger partial charge on any atom is 0.264 e. The summed E-state index contributed by atoms with van der Waals surface area (Å²) in [7, 11) is -3.90. The normalized spacial score (nSPS) is 11.3. The quantitative estimate of drug-likeness (QED) is 0.586. The number of amides is 1. The molecule has 0 unspecified atom stereocenters. The van der Waals surface area contributed by atoms with Gasteiger partial charge in [-0.05, 0) is 54.8 Å². The molecule has 3 rings (SSSR count). The van der Waals surface area contributed by atoms with Gasteiger partial charge in [0.05, 0.1) is 10.6 Å². The maximum atomic E-state index is 13.3. The largest absolute Gasteiger partial charge is 0.325 e. The number of para-hydroxylation sites is 1. The van der Waals surface area contributed by atoms with Crippen LogP contribution >= 0.6 is 0 Å². The number of carbonyl (C=O) groups excluding carboxylic acids is 1. The number of hydrogen-bond donors (Lipinski definition) is 1. The lowest BCUT2D eigenvalue weighted by Gasteiger charge is -2.24. The van der Waals surface area contributed by atoms with E-state index in [1.54, 1.807) is 54.6 Å². The molecule has 0 saturated heterocycles. The number of nitrogens with one attached hydrogen (secondary N) is 1. The lowest BCUT2D eigenvalue weighted by atomic mass is 10.0. The predicted molar refractivity (Wildman–Crippen MR) is 121 cm³/mol. The summed E-state index contributed by atoms with van der Waals surface area (Å²) in [5.41, 5.74) is 3.19. The van der Waals surface area contributed by atoms with Gasteiger partial charge in [0.15, 0.2) is 0 Å². The highest BCUT2D eigenvalue weighted by Gasteiger charge is 2.27. The Morgan fingerprint density at radius 1 is 0.900 bits per heavy atom. The molecule has 0 radical (unpaired) electrons. The van der Waals surface area contributed by atoms with E-state index < -0.39 is 15.9 Å². The van der Waals surface area contributed by atoms with Gasteiger partial charge in [-0.1, -0.05) is 61.9 Å². The van der Waals surface area contributed by atoms with E-state index in [9.17, 15) is 13.2 Å². The molecule has 0 aliphatic rings. The summed E-state index contributed by atoms with van der Waals surface area (Å²) in [5.74, 6) is -0.0187. The standard InChI is InChI=1S/C24H26N2O3S/c1-18(2)20-11-13-21(14-12-20)25-24(27)17-26(22-7-5-4-6-8-22)30(28,29)23-15-9-19(3)10-16-23/h4-16,18H,17H2,1-3H3,(H,25,27). The lowest BCUT2D eigenvalue weighted by molar-refractivity contribution is -0.114. The maximum absolute atomic E-state index is 13.3. The molecule has 156 valence electrons. The molecule has 0 fully saturated rings. The summed E-state index contributed by atoms with van der Waals surface area (Å²) >= 11 is 0. The summed E-state index contributed by atoms with van der Waals surface area (Å²) in [6.45, 7) is 5.76. The van der Waals surface area contributed by atoms with Crippen molar-refractivity contribution in [3.8, 4) is 0 Å². The molecule has 0 aliphatic heterocycles. The molecule has 3 aromatic rings. The molecule has 0 bridgehead atoms. The number of aryl methyl sites for hydroxylation is 1. The Balaban J connectivity index is 1.86. The highest BCUT2D eigenvalue weighted by molar-refractivity contribution is 7.92. The fourth-order valence-corrected chi connectivity index (χ4v) is 4.45. The number of hydrogen-bond acceptors (Lipinski definition) is 3. The molecular formula is C24H26N2O3S. The number of sulfonamides is 1. The minimum absolute atomic E-state index is 0.144. The van der Waals surface area contributed by atoms with E-state index in [0.717, 1.165) is 9.87 Å². The summed E-state index contributed by atoms with van der Waals surface area (Å²) in [6, 6.07) is 22.8. The van der Waals surface area contributed by atoms with Crippen LogP contribution in [0, 0.1) is 6.92 Å². The topological polar surface area (TPSA) is 66.5 Å². The zero-order chi connectivity index (χ0) is 21.7. The highest BCUT2D eigenvalue weighted by atomic mass is 32.2. The monoisotopic (exact) mass is 422 g/mol. The van der Waals surface area contributed by atoms with Crippen LogP contribution in [0.1, 0.15) is 30.9 Å². The van der Waals surface area contributed by atoms with Crippen molar-refractivity contribution in [3.63, 3.8) is 0 Å². The fraction of sp³-hybridized carbons (Fsp3) is 0.208. The van der Waals surface area contributed by atoms with Crippen molar-refractivity contribution in [2.75, 3.05) is 16.2 Å². The van der Waals surface area contributed by atoms with Crippen LogP contribution in [0.2, 0.25) is 0 Å². The van der Waals surface area contributed by atoms with Crippen LogP contribution in [-0.4, -0.2) is 20.9 Å². The predicted octanol–water partition coefficient (Wildman–Crippen LogP) is 4.95. The molecular weight excluding hydrogens is 396 g/mol. The number of rotatable bonds is 7. The van der Waals surface area contributed by atoms with Crippen molar-refractivity contribution in [2.45, 2.75) is 31.6 Å². The van der Waals surface area contributed by atoms with Gasteiger partial charge in [-0.2, -0.15) is 0 Å². The van der Waals surface area contributed by atoms with Crippen LogP contribution in [0.3, 0.4) is 0 Å². The molecule has 3 aromatic carbocycles. The molecule has 0 spiro atoms. The minimum Gasteiger partial charge on any atom is -0.325 e. The van der Waals surface area contributed by atoms with Crippen molar-refractivity contribution in [3.05, 3.63) is 90.0 Å². The Hall–Kier alpha value is -3.12. The first-order valence-corrected chi connectivity index (χ1v) is 11.3. The third kappa shape index (κ3) is 5.07. The second-order valence-corrected chi connectivity index (χ2v) is 9.35. The second-order valence-electron chi connectivity index (χ2n) is 7.49. The van der Waals surface area contributed by atoms with Crippen LogP contribution in [0.15, 0.2) is 83.8 Å². The summed E-state index contributed by atoms with van der Waals surface area (Å²) in [4.78, 5) is 12.9. The fourth-order valence-electron chi connectivity index (χ4n) is 3.03. The molecule has 6 heteroatoms. The summed E-state index contributed by atoms with van der Waals surface area (Å²) in [6.07, 6.45) is 0. The molecule has 30 heavy (non-hydrogen) atoms. The summed E-state index contributed by atoms with van der Waals surface area (Å²) in [5, 5.41) is 2.80. The van der Waals surface area contributed by atoms with E-state index >= 15 is 0 Å². The van der Waals surface area contributed by atoms with Crippen molar-refractivity contribution in [1.82, 2.24) is 0 Å². The molecule has 0 heterocycles. The van der Waals surface area contributed by atoms with E-state index in [2.05, 4.69) is 19.2 Å². The van der Waals surface area contributed by atoms with Gasteiger partial charge in [-0.25, -0.2) is 8.42 Å².